The van der Waals surface area contributed by atoms with Crippen molar-refractivity contribution in [3.8, 4) is 11.5 Å². The first kappa shape index (κ1) is 23.9. The highest BCUT2D eigenvalue weighted by Gasteiger charge is 2.29. The van der Waals surface area contributed by atoms with Crippen LogP contribution in [-0.4, -0.2) is 56.5 Å². The van der Waals surface area contributed by atoms with Gasteiger partial charge in [-0.15, -0.1) is 0 Å². The fraction of sp³-hybridized carbons (Fsp3) is 0.750. The summed E-state index contributed by atoms with van der Waals surface area (Å²) < 4.78 is 16.8. The molecule has 2 heterocycles. The van der Waals surface area contributed by atoms with E-state index in [-0.39, 0.29) is 5.91 Å². The van der Waals surface area contributed by atoms with Gasteiger partial charge in [-0.05, 0) is 108 Å². The molecule has 0 bridgehead atoms. The summed E-state index contributed by atoms with van der Waals surface area (Å²) in [7, 11) is 1.79. The Hall–Kier alpha value is -1.79. The van der Waals surface area contributed by atoms with E-state index in [1.54, 1.807) is 7.11 Å². The number of hydrogen-bond donors (Lipinski definition) is 1. The molecule has 1 aromatic carbocycles. The maximum Gasteiger partial charge on any atom is 0.231 e. The van der Waals surface area contributed by atoms with Gasteiger partial charge in [-0.1, -0.05) is 12.1 Å². The van der Waals surface area contributed by atoms with Gasteiger partial charge in [0.2, 0.25) is 12.7 Å². The van der Waals surface area contributed by atoms with Crippen LogP contribution in [0.25, 0.3) is 0 Å². The lowest BCUT2D eigenvalue weighted by atomic mass is 9.83. The van der Waals surface area contributed by atoms with E-state index in [1.165, 1.54) is 57.3 Å². The molecule has 34 heavy (non-hydrogen) atoms. The molecular formula is C28H42N2O4. The van der Waals surface area contributed by atoms with E-state index in [2.05, 4.69) is 22.3 Å². The van der Waals surface area contributed by atoms with Crippen molar-refractivity contribution in [1.29, 1.82) is 0 Å². The number of benzene rings is 1. The van der Waals surface area contributed by atoms with Crippen LogP contribution in [0.4, 0.5) is 0 Å². The summed E-state index contributed by atoms with van der Waals surface area (Å²) in [6, 6.07) is 6.71. The minimum atomic E-state index is 0.258. The normalized spacial score (nSPS) is 29.9. The van der Waals surface area contributed by atoms with Crippen LogP contribution in [0, 0.1) is 11.8 Å². The number of nitrogens with one attached hydrogen (secondary N) is 1. The smallest absolute Gasteiger partial charge is 0.231 e. The first-order valence-corrected chi connectivity index (χ1v) is 13.6. The number of piperidine rings is 1. The van der Waals surface area contributed by atoms with Gasteiger partial charge in [0.15, 0.2) is 11.5 Å². The van der Waals surface area contributed by atoms with Crippen molar-refractivity contribution in [2.24, 2.45) is 11.8 Å². The average Bonchev–Trinajstić information content (AvgIpc) is 3.53. The molecule has 1 aromatic rings. The quantitative estimate of drug-likeness (QED) is 0.588. The molecule has 6 heteroatoms. The van der Waals surface area contributed by atoms with Crippen LogP contribution in [0.3, 0.4) is 0 Å². The van der Waals surface area contributed by atoms with E-state index in [0.29, 0.717) is 37.2 Å². The molecule has 0 aromatic heterocycles. The van der Waals surface area contributed by atoms with Crippen LogP contribution in [0.5, 0.6) is 11.5 Å². The third kappa shape index (κ3) is 5.88. The molecule has 1 N–H and O–H groups in total. The topological polar surface area (TPSA) is 60.0 Å². The Balaban J connectivity index is 0.973. The van der Waals surface area contributed by atoms with Crippen LogP contribution >= 0.6 is 0 Å². The van der Waals surface area contributed by atoms with Crippen molar-refractivity contribution >= 4 is 5.91 Å². The van der Waals surface area contributed by atoms with E-state index < -0.39 is 0 Å². The summed E-state index contributed by atoms with van der Waals surface area (Å²) in [6.45, 7) is 3.91. The molecular weight excluding hydrogens is 428 g/mol. The van der Waals surface area contributed by atoms with E-state index >= 15 is 0 Å². The molecule has 4 aliphatic rings. The van der Waals surface area contributed by atoms with Crippen LogP contribution in [0.2, 0.25) is 0 Å². The summed E-state index contributed by atoms with van der Waals surface area (Å²) in [6.07, 6.45) is 12.8. The maximum atomic E-state index is 12.5. The lowest BCUT2D eigenvalue weighted by molar-refractivity contribution is -0.123. The Labute approximate surface area is 204 Å². The molecule has 0 spiro atoms. The molecule has 2 saturated carbocycles. The van der Waals surface area contributed by atoms with Crippen LogP contribution in [0.1, 0.15) is 82.1 Å². The fourth-order valence-electron chi connectivity index (χ4n) is 6.68. The number of rotatable bonds is 8. The minimum Gasteiger partial charge on any atom is -0.454 e. The van der Waals surface area contributed by atoms with Gasteiger partial charge >= 0.3 is 0 Å². The van der Waals surface area contributed by atoms with Crippen molar-refractivity contribution in [3.63, 3.8) is 0 Å². The number of methoxy groups -OCH3 is 1. The van der Waals surface area contributed by atoms with Crippen molar-refractivity contribution in [2.45, 2.75) is 88.7 Å². The van der Waals surface area contributed by atoms with Crippen molar-refractivity contribution in [3.05, 3.63) is 23.8 Å². The zero-order chi connectivity index (χ0) is 23.3. The summed E-state index contributed by atoms with van der Waals surface area (Å²) >= 11 is 0. The highest BCUT2D eigenvalue weighted by atomic mass is 16.7. The van der Waals surface area contributed by atoms with Crippen molar-refractivity contribution in [1.82, 2.24) is 10.2 Å². The number of hydrogen-bond acceptors (Lipinski definition) is 5. The van der Waals surface area contributed by atoms with E-state index in [0.717, 1.165) is 49.5 Å². The zero-order valence-electron chi connectivity index (χ0n) is 20.8. The van der Waals surface area contributed by atoms with Gasteiger partial charge in [0.25, 0.3) is 0 Å². The molecule has 1 saturated heterocycles. The molecule has 1 amide bonds. The number of carbonyl (C=O) groups excluding carboxylic acids is 1. The molecule has 3 fully saturated rings. The number of likely N-dealkylation sites (tertiary alicyclic amines) is 1. The molecule has 2 aliphatic heterocycles. The summed E-state index contributed by atoms with van der Waals surface area (Å²) in [4.78, 5) is 15.1. The van der Waals surface area contributed by atoms with Crippen LogP contribution in [-0.2, 0) is 9.53 Å². The molecule has 6 nitrogen and oxygen atoms in total. The van der Waals surface area contributed by atoms with Gasteiger partial charge in [-0.2, -0.15) is 0 Å². The SMILES string of the molecule is CO[C@@H]1CC[C@@H](CC(=O)NC2CCC(CCN3CCC(c4cccc5c4OCO5)CC3)CC2)C1. The second-order valence-electron chi connectivity index (χ2n) is 11.0. The van der Waals surface area contributed by atoms with Gasteiger partial charge in [-0.3, -0.25) is 4.79 Å². The number of para-hydroxylation sites is 1. The van der Waals surface area contributed by atoms with Gasteiger partial charge in [0, 0.05) is 25.1 Å². The maximum absolute atomic E-state index is 12.5. The Bertz CT molecular complexity index is 815. The number of nitrogens with zero attached hydrogens (tertiary/aromatic N) is 1. The summed E-state index contributed by atoms with van der Waals surface area (Å²) in [5, 5.41) is 3.33. The van der Waals surface area contributed by atoms with Gasteiger partial charge in [0.05, 0.1) is 6.10 Å². The highest BCUT2D eigenvalue weighted by molar-refractivity contribution is 5.76. The third-order valence-corrected chi connectivity index (χ3v) is 8.82. The van der Waals surface area contributed by atoms with Crippen LogP contribution in [0.15, 0.2) is 18.2 Å². The Morgan fingerprint density at radius 1 is 1.03 bits per heavy atom. The minimum absolute atomic E-state index is 0.258. The lowest BCUT2D eigenvalue weighted by Gasteiger charge is -2.34. The first-order valence-electron chi connectivity index (χ1n) is 13.6. The Kier molecular flexibility index (Phi) is 7.95. The van der Waals surface area contributed by atoms with Crippen LogP contribution < -0.4 is 14.8 Å². The van der Waals surface area contributed by atoms with E-state index in [1.807, 2.05) is 6.07 Å². The second kappa shape index (κ2) is 11.3. The number of amides is 1. The molecule has 2 atom stereocenters. The molecule has 0 unspecified atom stereocenters. The second-order valence-corrected chi connectivity index (χ2v) is 11.0. The van der Waals surface area contributed by atoms with Gasteiger partial charge in [-0.25, -0.2) is 0 Å². The monoisotopic (exact) mass is 470 g/mol. The largest absolute Gasteiger partial charge is 0.454 e. The average molecular weight is 471 g/mol. The summed E-state index contributed by atoms with van der Waals surface area (Å²) in [5.74, 6) is 4.04. The first-order chi connectivity index (χ1) is 16.7. The molecule has 5 rings (SSSR count). The number of carbonyl (C=O) groups is 1. The highest BCUT2D eigenvalue weighted by Crippen LogP contribution is 2.42. The lowest BCUT2D eigenvalue weighted by Crippen LogP contribution is -2.39. The predicted molar refractivity (Wildman–Crippen MR) is 132 cm³/mol. The van der Waals surface area contributed by atoms with Gasteiger partial charge < -0.3 is 24.4 Å². The van der Waals surface area contributed by atoms with E-state index in [4.69, 9.17) is 14.2 Å². The Morgan fingerprint density at radius 3 is 2.59 bits per heavy atom. The third-order valence-electron chi connectivity index (χ3n) is 8.82. The number of fused-ring (bicyclic) bond motifs is 1. The molecule has 188 valence electrons. The predicted octanol–water partition coefficient (Wildman–Crippen LogP) is 4.87. The number of ether oxygens (including phenoxy) is 3. The molecule has 2 aliphatic carbocycles. The van der Waals surface area contributed by atoms with E-state index in [9.17, 15) is 4.79 Å². The fourth-order valence-corrected chi connectivity index (χ4v) is 6.68. The van der Waals surface area contributed by atoms with Crippen molar-refractivity contribution in [2.75, 3.05) is 33.5 Å². The standard InChI is InChI=1S/C28H42N2O4/c1-32-24-10-7-21(17-24)18-27(31)29-23-8-5-20(6-9-23)11-14-30-15-12-22(13-16-30)25-3-2-4-26-28(25)34-19-33-26/h2-4,20-24H,5-19H2,1H3,(H,29,31)/t20?,21-,23?,24-/m1/s1. The Morgan fingerprint density at radius 2 is 1.82 bits per heavy atom. The molecule has 0 radical (unpaired) electrons. The summed E-state index contributed by atoms with van der Waals surface area (Å²) in [5.41, 5.74) is 1.33. The van der Waals surface area contributed by atoms with Gasteiger partial charge in [0.1, 0.15) is 0 Å². The van der Waals surface area contributed by atoms with Crippen molar-refractivity contribution < 1.29 is 19.0 Å². The zero-order valence-corrected chi connectivity index (χ0v) is 20.8.